The number of hydrogen-bond donors (Lipinski definition) is 1. The second-order valence-electron chi connectivity index (χ2n) is 5.66. The molecule has 0 aromatic heterocycles. The third-order valence-corrected chi connectivity index (χ3v) is 4.73. The number of piperidine rings is 1. The van der Waals surface area contributed by atoms with Gasteiger partial charge in [0.2, 0.25) is 0 Å². The number of nitrogens with zero attached hydrogens (tertiary/aromatic N) is 1. The largest absolute Gasteiger partial charge is 0.503 e. The zero-order valence-corrected chi connectivity index (χ0v) is 14.1. The highest BCUT2D eigenvalue weighted by atomic mass is 79.9. The van der Waals surface area contributed by atoms with E-state index in [1.807, 2.05) is 19.1 Å². The lowest BCUT2D eigenvalue weighted by Crippen LogP contribution is -2.42. The van der Waals surface area contributed by atoms with Gasteiger partial charge in [0.05, 0.1) is 11.1 Å². The minimum absolute atomic E-state index is 0.190. The van der Waals surface area contributed by atoms with Crippen LogP contribution in [0.25, 0.3) is 0 Å². The predicted octanol–water partition coefficient (Wildman–Crippen LogP) is 4.32. The second kappa shape index (κ2) is 6.81. The third kappa shape index (κ3) is 3.47. The zero-order valence-electron chi connectivity index (χ0n) is 12.5. The normalized spacial score (nSPS) is 23.8. The maximum absolute atomic E-state index is 9.98. The summed E-state index contributed by atoms with van der Waals surface area (Å²) in [7, 11) is 0. The Hall–Kier alpha value is -0.740. The molecule has 1 saturated heterocycles. The molecule has 3 nitrogen and oxygen atoms in total. The topological polar surface area (TPSA) is 32.7 Å². The summed E-state index contributed by atoms with van der Waals surface area (Å²) in [5.41, 5.74) is 1.18. The van der Waals surface area contributed by atoms with Crippen LogP contribution in [0.15, 0.2) is 16.6 Å². The number of aromatic hydroxyl groups is 1. The molecule has 1 aromatic carbocycles. The first-order valence-corrected chi connectivity index (χ1v) is 8.22. The van der Waals surface area contributed by atoms with Gasteiger partial charge in [-0.25, -0.2) is 0 Å². The molecule has 1 aromatic rings. The minimum atomic E-state index is 0.190. The molecule has 1 fully saturated rings. The first-order chi connectivity index (χ1) is 9.52. The molecule has 1 N–H and O–H groups in total. The summed E-state index contributed by atoms with van der Waals surface area (Å²) < 4.78 is 6.21. The molecule has 20 heavy (non-hydrogen) atoms. The Labute approximate surface area is 130 Å². The van der Waals surface area contributed by atoms with Gasteiger partial charge in [-0.05, 0) is 67.2 Å². The van der Waals surface area contributed by atoms with Crippen molar-refractivity contribution in [2.45, 2.75) is 58.7 Å². The molecule has 4 heteroatoms. The number of rotatable bonds is 4. The molecule has 1 heterocycles. The first kappa shape index (κ1) is 15.6. The van der Waals surface area contributed by atoms with E-state index in [0.717, 1.165) is 6.54 Å². The Balaban J connectivity index is 2.20. The standard InChI is InChI=1S/C16H24BrNO2/c1-4-20-15-9-13(8-14(17)16(15)19)10-18-11(2)6-5-7-12(18)3/h8-9,11-12,19H,4-7,10H2,1-3H3. The number of benzene rings is 1. The third-order valence-electron chi connectivity index (χ3n) is 4.13. The SMILES string of the molecule is CCOc1cc(CN2C(C)CCCC2C)cc(Br)c1O. The Morgan fingerprint density at radius 3 is 2.55 bits per heavy atom. The van der Waals surface area contributed by atoms with Gasteiger partial charge in [-0.3, -0.25) is 4.90 Å². The molecular weight excluding hydrogens is 318 g/mol. The maximum Gasteiger partial charge on any atom is 0.172 e. The molecule has 0 aliphatic carbocycles. The van der Waals surface area contributed by atoms with Gasteiger partial charge < -0.3 is 9.84 Å². The van der Waals surface area contributed by atoms with Gasteiger partial charge in [-0.1, -0.05) is 6.42 Å². The Morgan fingerprint density at radius 1 is 1.30 bits per heavy atom. The summed E-state index contributed by atoms with van der Waals surface area (Å²) in [6, 6.07) is 5.17. The van der Waals surface area contributed by atoms with Crippen LogP contribution in [-0.4, -0.2) is 28.7 Å². The zero-order chi connectivity index (χ0) is 14.7. The number of hydrogen-bond acceptors (Lipinski definition) is 3. The highest BCUT2D eigenvalue weighted by Gasteiger charge is 2.25. The fraction of sp³-hybridized carbons (Fsp3) is 0.625. The van der Waals surface area contributed by atoms with Crippen molar-refractivity contribution < 1.29 is 9.84 Å². The van der Waals surface area contributed by atoms with Crippen molar-refractivity contribution in [3.8, 4) is 11.5 Å². The molecule has 1 aliphatic rings. The molecule has 2 atom stereocenters. The van der Waals surface area contributed by atoms with Crippen molar-refractivity contribution in [1.29, 1.82) is 0 Å². The summed E-state index contributed by atoms with van der Waals surface area (Å²) in [6.45, 7) is 7.99. The summed E-state index contributed by atoms with van der Waals surface area (Å²) >= 11 is 3.41. The average Bonchev–Trinajstić information content (AvgIpc) is 2.40. The van der Waals surface area contributed by atoms with E-state index in [-0.39, 0.29) is 5.75 Å². The van der Waals surface area contributed by atoms with Gasteiger partial charge in [0.15, 0.2) is 11.5 Å². The smallest absolute Gasteiger partial charge is 0.172 e. The average molecular weight is 342 g/mol. The van der Waals surface area contributed by atoms with Gasteiger partial charge in [-0.15, -0.1) is 0 Å². The monoisotopic (exact) mass is 341 g/mol. The van der Waals surface area contributed by atoms with E-state index in [2.05, 4.69) is 34.7 Å². The summed E-state index contributed by atoms with van der Waals surface area (Å²) in [6.07, 6.45) is 3.85. The molecule has 112 valence electrons. The van der Waals surface area contributed by atoms with Gasteiger partial charge in [0.25, 0.3) is 0 Å². The number of phenols is 1. The Morgan fingerprint density at radius 2 is 1.95 bits per heavy atom. The number of likely N-dealkylation sites (tertiary alicyclic amines) is 1. The molecule has 0 amide bonds. The van der Waals surface area contributed by atoms with Crippen molar-refractivity contribution in [3.63, 3.8) is 0 Å². The Kier molecular flexibility index (Phi) is 5.33. The van der Waals surface area contributed by atoms with E-state index in [9.17, 15) is 5.11 Å². The molecule has 1 aliphatic heterocycles. The molecule has 0 bridgehead atoms. The van der Waals surface area contributed by atoms with Gasteiger partial charge >= 0.3 is 0 Å². The van der Waals surface area contributed by atoms with Crippen LogP contribution in [0.5, 0.6) is 11.5 Å². The van der Waals surface area contributed by atoms with Gasteiger partial charge in [0.1, 0.15) is 0 Å². The van der Waals surface area contributed by atoms with Crippen molar-refractivity contribution in [2.24, 2.45) is 0 Å². The van der Waals surface area contributed by atoms with E-state index >= 15 is 0 Å². The van der Waals surface area contributed by atoms with E-state index in [0.29, 0.717) is 28.9 Å². The highest BCUT2D eigenvalue weighted by molar-refractivity contribution is 9.10. The molecular formula is C16H24BrNO2. The van der Waals surface area contributed by atoms with Crippen LogP contribution in [-0.2, 0) is 6.54 Å². The number of halogens is 1. The van der Waals surface area contributed by atoms with Gasteiger partial charge in [-0.2, -0.15) is 0 Å². The lowest BCUT2D eigenvalue weighted by atomic mass is 9.96. The molecule has 0 saturated carbocycles. The van der Waals surface area contributed by atoms with Crippen molar-refractivity contribution in [3.05, 3.63) is 22.2 Å². The van der Waals surface area contributed by atoms with E-state index in [1.165, 1.54) is 24.8 Å². The Bertz CT molecular complexity index is 454. The lowest BCUT2D eigenvalue weighted by molar-refractivity contribution is 0.0951. The molecule has 0 spiro atoms. The maximum atomic E-state index is 9.98. The van der Waals surface area contributed by atoms with Crippen LogP contribution in [0.2, 0.25) is 0 Å². The highest BCUT2D eigenvalue weighted by Crippen LogP contribution is 2.36. The van der Waals surface area contributed by atoms with E-state index in [1.54, 1.807) is 0 Å². The van der Waals surface area contributed by atoms with Gasteiger partial charge in [0, 0.05) is 18.6 Å². The minimum Gasteiger partial charge on any atom is -0.503 e. The number of ether oxygens (including phenoxy) is 1. The molecule has 0 radical (unpaired) electrons. The fourth-order valence-electron chi connectivity index (χ4n) is 2.98. The van der Waals surface area contributed by atoms with Crippen molar-refractivity contribution >= 4 is 15.9 Å². The summed E-state index contributed by atoms with van der Waals surface area (Å²) in [5.74, 6) is 0.754. The summed E-state index contributed by atoms with van der Waals surface area (Å²) in [4.78, 5) is 2.54. The first-order valence-electron chi connectivity index (χ1n) is 7.42. The molecule has 2 unspecified atom stereocenters. The number of phenolic OH excluding ortho intramolecular Hbond substituents is 1. The van der Waals surface area contributed by atoms with Crippen LogP contribution < -0.4 is 4.74 Å². The van der Waals surface area contributed by atoms with Crippen LogP contribution in [0, 0.1) is 0 Å². The quantitative estimate of drug-likeness (QED) is 0.885. The predicted molar refractivity (Wildman–Crippen MR) is 85.3 cm³/mol. The van der Waals surface area contributed by atoms with Crippen molar-refractivity contribution in [2.75, 3.05) is 6.61 Å². The van der Waals surface area contributed by atoms with E-state index < -0.39 is 0 Å². The fourth-order valence-corrected chi connectivity index (χ4v) is 3.47. The van der Waals surface area contributed by atoms with Crippen LogP contribution >= 0.6 is 15.9 Å². The lowest BCUT2D eigenvalue weighted by Gasteiger charge is -2.39. The van der Waals surface area contributed by atoms with Crippen LogP contribution in [0.1, 0.15) is 45.6 Å². The van der Waals surface area contributed by atoms with Crippen LogP contribution in [0.4, 0.5) is 0 Å². The molecule has 2 rings (SSSR count). The van der Waals surface area contributed by atoms with Crippen LogP contribution in [0.3, 0.4) is 0 Å². The van der Waals surface area contributed by atoms with E-state index in [4.69, 9.17) is 4.74 Å². The van der Waals surface area contributed by atoms with Crippen molar-refractivity contribution in [1.82, 2.24) is 4.90 Å². The second-order valence-corrected chi connectivity index (χ2v) is 6.51. The summed E-state index contributed by atoms with van der Waals surface area (Å²) in [5, 5.41) is 9.98.